The molecule has 1 unspecified atom stereocenters. The first kappa shape index (κ1) is 17.6. The van der Waals surface area contributed by atoms with Crippen LogP contribution < -0.4 is 9.47 Å². The standard InChI is InChI=1S/C17H21N3O4S/c1-13-4-3-5-14(10-13)12-25(21,22)20-9-6-15(11-20)24-17-16(23-2)18-7-8-19-17/h3-5,7-8,10,15H,6,9,11-12H2,1-2H3. The molecule has 3 rings (SSSR count). The Kier molecular flexibility index (Phi) is 5.19. The van der Waals surface area contributed by atoms with Crippen molar-refractivity contribution < 1.29 is 17.9 Å². The Hall–Kier alpha value is -2.19. The molecule has 0 bridgehead atoms. The van der Waals surface area contributed by atoms with Crippen molar-refractivity contribution in [3.8, 4) is 11.8 Å². The molecule has 0 saturated carbocycles. The third kappa shape index (κ3) is 4.26. The second-order valence-corrected chi connectivity index (χ2v) is 7.97. The highest BCUT2D eigenvalue weighted by molar-refractivity contribution is 7.88. The van der Waals surface area contributed by atoms with Crippen LogP contribution in [0.5, 0.6) is 11.8 Å². The van der Waals surface area contributed by atoms with Gasteiger partial charge in [0.1, 0.15) is 6.10 Å². The molecule has 7 nitrogen and oxygen atoms in total. The van der Waals surface area contributed by atoms with Crippen molar-refractivity contribution in [2.45, 2.75) is 25.2 Å². The third-order valence-electron chi connectivity index (χ3n) is 4.04. The van der Waals surface area contributed by atoms with E-state index < -0.39 is 10.0 Å². The van der Waals surface area contributed by atoms with Crippen molar-refractivity contribution >= 4 is 10.0 Å². The summed E-state index contributed by atoms with van der Waals surface area (Å²) in [5.74, 6) is 0.576. The van der Waals surface area contributed by atoms with Crippen LogP contribution in [-0.4, -0.2) is 49.0 Å². The van der Waals surface area contributed by atoms with Crippen LogP contribution in [0.25, 0.3) is 0 Å². The summed E-state index contributed by atoms with van der Waals surface area (Å²) in [6.07, 6.45) is 3.36. The second-order valence-electron chi connectivity index (χ2n) is 6.00. The molecule has 0 radical (unpaired) electrons. The first-order valence-corrected chi connectivity index (χ1v) is 9.64. The van der Waals surface area contributed by atoms with Crippen molar-refractivity contribution in [1.29, 1.82) is 0 Å². The lowest BCUT2D eigenvalue weighted by Gasteiger charge is -2.17. The fourth-order valence-electron chi connectivity index (χ4n) is 2.84. The van der Waals surface area contributed by atoms with E-state index in [4.69, 9.17) is 9.47 Å². The zero-order chi connectivity index (χ0) is 17.9. The Balaban J connectivity index is 1.65. The second kappa shape index (κ2) is 7.37. The molecule has 134 valence electrons. The summed E-state index contributed by atoms with van der Waals surface area (Å²) in [5, 5.41) is 0. The van der Waals surface area contributed by atoms with Gasteiger partial charge in [-0.05, 0) is 18.9 Å². The lowest BCUT2D eigenvalue weighted by Crippen LogP contribution is -2.32. The molecule has 0 amide bonds. The summed E-state index contributed by atoms with van der Waals surface area (Å²) in [7, 11) is -1.89. The van der Waals surface area contributed by atoms with Gasteiger partial charge in [-0.3, -0.25) is 0 Å². The number of methoxy groups -OCH3 is 1. The molecule has 2 aromatic rings. The number of benzene rings is 1. The lowest BCUT2D eigenvalue weighted by molar-refractivity contribution is 0.194. The molecule has 1 fully saturated rings. The van der Waals surface area contributed by atoms with E-state index >= 15 is 0 Å². The number of aryl methyl sites for hydroxylation is 1. The SMILES string of the molecule is COc1nccnc1OC1CCN(S(=O)(=O)Cc2cccc(C)c2)C1. The number of nitrogens with zero attached hydrogens (tertiary/aromatic N) is 3. The van der Waals surface area contributed by atoms with Crippen molar-refractivity contribution in [3.05, 3.63) is 47.8 Å². The van der Waals surface area contributed by atoms with Crippen molar-refractivity contribution in [2.75, 3.05) is 20.2 Å². The van der Waals surface area contributed by atoms with Crippen molar-refractivity contribution in [1.82, 2.24) is 14.3 Å². The maximum absolute atomic E-state index is 12.7. The Morgan fingerprint density at radius 2 is 2.00 bits per heavy atom. The Bertz CT molecular complexity index is 841. The summed E-state index contributed by atoms with van der Waals surface area (Å²) in [4.78, 5) is 8.13. The van der Waals surface area contributed by atoms with Crippen LogP contribution in [0.1, 0.15) is 17.5 Å². The van der Waals surface area contributed by atoms with Crippen molar-refractivity contribution in [2.24, 2.45) is 0 Å². The molecule has 0 spiro atoms. The molecular weight excluding hydrogens is 342 g/mol. The minimum absolute atomic E-state index is 0.00410. The fourth-order valence-corrected chi connectivity index (χ4v) is 4.40. The Morgan fingerprint density at radius 3 is 2.72 bits per heavy atom. The van der Waals surface area contributed by atoms with Crippen molar-refractivity contribution in [3.63, 3.8) is 0 Å². The van der Waals surface area contributed by atoms with E-state index in [-0.39, 0.29) is 17.7 Å². The van der Waals surface area contributed by atoms with Gasteiger partial charge in [-0.25, -0.2) is 18.4 Å². The lowest BCUT2D eigenvalue weighted by atomic mass is 10.2. The molecule has 1 aliphatic rings. The zero-order valence-electron chi connectivity index (χ0n) is 14.3. The van der Waals surface area contributed by atoms with Crippen LogP contribution in [0, 0.1) is 6.92 Å². The molecule has 0 N–H and O–H groups in total. The number of rotatable bonds is 6. The number of hydrogen-bond donors (Lipinski definition) is 0. The maximum atomic E-state index is 12.7. The van der Waals surface area contributed by atoms with Gasteiger partial charge in [0.05, 0.1) is 19.4 Å². The molecular formula is C17H21N3O4S. The van der Waals surface area contributed by atoms with E-state index in [0.29, 0.717) is 25.4 Å². The van der Waals surface area contributed by atoms with E-state index in [0.717, 1.165) is 11.1 Å². The largest absolute Gasteiger partial charge is 0.477 e. The summed E-state index contributed by atoms with van der Waals surface area (Å²) in [6, 6.07) is 7.55. The summed E-state index contributed by atoms with van der Waals surface area (Å²) >= 11 is 0. The van der Waals surface area contributed by atoms with Gasteiger partial charge in [0.25, 0.3) is 11.8 Å². The molecule has 1 saturated heterocycles. The number of sulfonamides is 1. The highest BCUT2D eigenvalue weighted by Gasteiger charge is 2.33. The topological polar surface area (TPSA) is 81.6 Å². The van der Waals surface area contributed by atoms with Gasteiger partial charge < -0.3 is 9.47 Å². The number of ether oxygens (including phenoxy) is 2. The van der Waals surface area contributed by atoms with E-state index in [1.165, 1.54) is 23.8 Å². The highest BCUT2D eigenvalue weighted by atomic mass is 32.2. The Labute approximate surface area is 147 Å². The number of hydrogen-bond acceptors (Lipinski definition) is 6. The number of aromatic nitrogens is 2. The van der Waals surface area contributed by atoms with Crippen LogP contribution in [0.15, 0.2) is 36.7 Å². The van der Waals surface area contributed by atoms with E-state index in [1.54, 1.807) is 0 Å². The molecule has 25 heavy (non-hydrogen) atoms. The first-order chi connectivity index (χ1) is 12.0. The molecule has 8 heteroatoms. The van der Waals surface area contributed by atoms with Gasteiger partial charge in [0.2, 0.25) is 10.0 Å². The Morgan fingerprint density at radius 1 is 1.24 bits per heavy atom. The summed E-state index contributed by atoms with van der Waals surface area (Å²) in [5.41, 5.74) is 1.84. The quantitative estimate of drug-likeness (QED) is 0.778. The molecule has 2 heterocycles. The van der Waals surface area contributed by atoms with E-state index in [2.05, 4.69) is 9.97 Å². The molecule has 1 aliphatic heterocycles. The zero-order valence-corrected chi connectivity index (χ0v) is 15.1. The van der Waals surface area contributed by atoms with Gasteiger partial charge in [0.15, 0.2) is 0 Å². The average Bonchev–Trinajstić information content (AvgIpc) is 3.04. The minimum atomic E-state index is -3.38. The van der Waals surface area contributed by atoms with Gasteiger partial charge in [-0.2, -0.15) is 4.31 Å². The average molecular weight is 363 g/mol. The molecule has 1 aromatic heterocycles. The molecule has 1 atom stereocenters. The van der Waals surface area contributed by atoms with Gasteiger partial charge >= 0.3 is 0 Å². The predicted molar refractivity (Wildman–Crippen MR) is 93.0 cm³/mol. The predicted octanol–water partition coefficient (Wildman–Crippen LogP) is 1.78. The van der Waals surface area contributed by atoms with Crippen LogP contribution >= 0.6 is 0 Å². The minimum Gasteiger partial charge on any atom is -0.477 e. The highest BCUT2D eigenvalue weighted by Crippen LogP contribution is 2.25. The molecule has 0 aliphatic carbocycles. The van der Waals surface area contributed by atoms with Gasteiger partial charge in [0, 0.05) is 18.9 Å². The van der Waals surface area contributed by atoms with Crippen LogP contribution in [0.2, 0.25) is 0 Å². The van der Waals surface area contributed by atoms with Crippen LogP contribution in [0.4, 0.5) is 0 Å². The fraction of sp³-hybridized carbons (Fsp3) is 0.412. The first-order valence-electron chi connectivity index (χ1n) is 8.03. The summed E-state index contributed by atoms with van der Waals surface area (Å²) < 4.78 is 37.7. The van der Waals surface area contributed by atoms with Gasteiger partial charge in [-0.1, -0.05) is 29.8 Å². The normalized spacial score (nSPS) is 18.2. The van der Waals surface area contributed by atoms with E-state index in [9.17, 15) is 8.42 Å². The maximum Gasteiger partial charge on any atom is 0.278 e. The van der Waals surface area contributed by atoms with Crippen LogP contribution in [0.3, 0.4) is 0 Å². The van der Waals surface area contributed by atoms with E-state index in [1.807, 2.05) is 31.2 Å². The van der Waals surface area contributed by atoms with Gasteiger partial charge in [-0.15, -0.1) is 0 Å². The summed E-state index contributed by atoms with van der Waals surface area (Å²) in [6.45, 7) is 2.68. The molecule has 1 aromatic carbocycles. The monoisotopic (exact) mass is 363 g/mol. The smallest absolute Gasteiger partial charge is 0.278 e. The van der Waals surface area contributed by atoms with Crippen LogP contribution in [-0.2, 0) is 15.8 Å². The third-order valence-corrected chi connectivity index (χ3v) is 5.85.